The molecule has 1 aromatic heterocycles. The quantitative estimate of drug-likeness (QED) is 0.0541. The number of carbonyl (C=O) groups excluding carboxylic acids is 1. The van der Waals surface area contributed by atoms with E-state index in [1.54, 1.807) is 6.08 Å². The summed E-state index contributed by atoms with van der Waals surface area (Å²) in [4.78, 5) is 21.5. The zero-order valence-corrected chi connectivity index (χ0v) is 29.6. The predicted molar refractivity (Wildman–Crippen MR) is 197 cm³/mol. The first-order valence-electron chi connectivity index (χ1n) is 17.1. The molecule has 5 aromatic rings. The van der Waals surface area contributed by atoms with Gasteiger partial charge in [-0.2, -0.15) is 13.2 Å². The average molecular weight is 725 g/mol. The van der Waals surface area contributed by atoms with Crippen LogP contribution in [0.3, 0.4) is 0 Å². The van der Waals surface area contributed by atoms with Gasteiger partial charge in [0, 0.05) is 43.9 Å². The number of rotatable bonds is 13. The number of hydrogen-bond acceptors (Lipinski definition) is 8. The van der Waals surface area contributed by atoms with Gasteiger partial charge in [-0.15, -0.1) is 0 Å². The number of halogens is 3. The third kappa shape index (κ3) is 8.13. The number of oxazole rings is 1. The standard InChI is InChI=1S/C41H39F3N4O5/c1-25-28(11-12-29-20-38(51-4)30(21-46-14-16-49)19-35(29)41(42,43)44)7-5-8-32(25)33-9-6-10-34(26(33)2)40-47-37-18-27(17-36(45-3)39(37)53-40)22-48-15-13-31(23-48)52-24-50/h5-12,17-20,24,31,46,49H,13-16,21-23H2,1-2,4H3/b12-11+/t31-/m1/s1. The van der Waals surface area contributed by atoms with Crippen molar-refractivity contribution in [2.45, 2.75) is 45.6 Å². The lowest BCUT2D eigenvalue weighted by atomic mass is 9.91. The molecule has 9 nitrogen and oxygen atoms in total. The summed E-state index contributed by atoms with van der Waals surface area (Å²) in [7, 11) is 1.41. The molecule has 0 saturated carbocycles. The molecule has 0 bridgehead atoms. The summed E-state index contributed by atoms with van der Waals surface area (Å²) < 4.78 is 59.5. The zero-order valence-electron chi connectivity index (χ0n) is 29.6. The number of aliphatic hydroxyl groups is 1. The summed E-state index contributed by atoms with van der Waals surface area (Å²) in [5, 5.41) is 12.0. The van der Waals surface area contributed by atoms with Gasteiger partial charge in [0.05, 0.1) is 31.4 Å². The number of fused-ring (bicyclic) bond motifs is 1. The third-order valence-electron chi connectivity index (χ3n) is 9.57. The molecule has 1 aliphatic rings. The molecule has 274 valence electrons. The Morgan fingerprint density at radius 3 is 2.51 bits per heavy atom. The van der Waals surface area contributed by atoms with E-state index in [0.29, 0.717) is 53.6 Å². The molecule has 0 radical (unpaired) electrons. The first kappa shape index (κ1) is 37.3. The second kappa shape index (κ2) is 16.0. The first-order valence-corrected chi connectivity index (χ1v) is 17.1. The van der Waals surface area contributed by atoms with E-state index in [-0.39, 0.29) is 31.4 Å². The van der Waals surface area contributed by atoms with Crippen LogP contribution < -0.4 is 10.1 Å². The van der Waals surface area contributed by atoms with Crippen molar-refractivity contribution in [1.82, 2.24) is 15.2 Å². The minimum absolute atomic E-state index is 0.0299. The Labute approximate surface area is 305 Å². The molecule has 2 N–H and O–H groups in total. The molecule has 0 aliphatic carbocycles. The first-order chi connectivity index (χ1) is 25.5. The van der Waals surface area contributed by atoms with Crippen molar-refractivity contribution in [1.29, 1.82) is 0 Å². The van der Waals surface area contributed by atoms with Crippen LogP contribution in [-0.4, -0.2) is 60.9 Å². The topological polar surface area (TPSA) is 101 Å². The van der Waals surface area contributed by atoms with E-state index >= 15 is 0 Å². The second-order valence-corrected chi connectivity index (χ2v) is 13.0. The van der Waals surface area contributed by atoms with Crippen LogP contribution in [0.15, 0.2) is 65.1 Å². The summed E-state index contributed by atoms with van der Waals surface area (Å²) in [5.74, 6) is 0.685. The largest absolute Gasteiger partial charge is 0.496 e. The lowest BCUT2D eigenvalue weighted by Gasteiger charge is -2.17. The molecular weight excluding hydrogens is 685 g/mol. The van der Waals surface area contributed by atoms with Crippen molar-refractivity contribution in [2.75, 3.05) is 33.4 Å². The van der Waals surface area contributed by atoms with Crippen molar-refractivity contribution in [3.8, 4) is 28.3 Å². The fourth-order valence-corrected chi connectivity index (χ4v) is 6.87. The molecule has 1 atom stereocenters. The third-order valence-corrected chi connectivity index (χ3v) is 9.57. The van der Waals surface area contributed by atoms with Gasteiger partial charge in [0.15, 0.2) is 5.58 Å². The Bertz CT molecular complexity index is 2200. The molecule has 0 spiro atoms. The van der Waals surface area contributed by atoms with Crippen molar-refractivity contribution >= 4 is 35.4 Å². The summed E-state index contributed by atoms with van der Waals surface area (Å²) in [6.07, 6.45) is -0.853. The second-order valence-electron chi connectivity index (χ2n) is 13.0. The number of methoxy groups -OCH3 is 1. The van der Waals surface area contributed by atoms with Gasteiger partial charge in [0.25, 0.3) is 6.47 Å². The SMILES string of the molecule is [C-]#[N+]c1cc(CN2CC[C@@H](OC=O)C2)cc2nc(-c3cccc(-c4cccc(/C=C/c5cc(OC)c(CNCCO)cc5C(F)(F)F)c4C)c3C)oc12. The number of benzene rings is 4. The monoisotopic (exact) mass is 724 g/mol. The molecule has 1 saturated heterocycles. The van der Waals surface area contributed by atoms with Crippen molar-refractivity contribution in [3.63, 3.8) is 0 Å². The highest BCUT2D eigenvalue weighted by molar-refractivity contribution is 5.90. The highest BCUT2D eigenvalue weighted by Gasteiger charge is 2.34. The number of ether oxygens (including phenoxy) is 2. The zero-order chi connectivity index (χ0) is 37.7. The van der Waals surface area contributed by atoms with Gasteiger partial charge in [0.2, 0.25) is 11.6 Å². The molecule has 0 unspecified atom stereocenters. The van der Waals surface area contributed by atoms with Crippen LogP contribution in [0, 0.1) is 20.4 Å². The van der Waals surface area contributed by atoms with E-state index < -0.39 is 11.7 Å². The fourth-order valence-electron chi connectivity index (χ4n) is 6.87. The van der Waals surface area contributed by atoms with Crippen LogP contribution >= 0.6 is 0 Å². The van der Waals surface area contributed by atoms with Crippen LogP contribution in [0.2, 0.25) is 0 Å². The molecule has 6 rings (SSSR count). The Kier molecular flexibility index (Phi) is 11.3. The maximum Gasteiger partial charge on any atom is 0.417 e. The highest BCUT2D eigenvalue weighted by atomic mass is 19.4. The van der Waals surface area contributed by atoms with Crippen molar-refractivity contribution in [3.05, 3.63) is 111 Å². The number of aromatic nitrogens is 1. The minimum Gasteiger partial charge on any atom is -0.496 e. The number of aliphatic hydroxyl groups excluding tert-OH is 1. The van der Waals surface area contributed by atoms with Gasteiger partial charge in [-0.3, -0.25) is 9.69 Å². The normalized spacial score (nSPS) is 14.9. The smallest absolute Gasteiger partial charge is 0.417 e. The maximum atomic E-state index is 14.2. The summed E-state index contributed by atoms with van der Waals surface area (Å²) in [6, 6.07) is 17.7. The molecule has 1 fully saturated rings. The number of likely N-dealkylation sites (tertiary alicyclic amines) is 1. The summed E-state index contributed by atoms with van der Waals surface area (Å²) in [6.45, 7) is 14.4. The van der Waals surface area contributed by atoms with Gasteiger partial charge in [0.1, 0.15) is 11.9 Å². The summed E-state index contributed by atoms with van der Waals surface area (Å²) >= 11 is 0. The number of hydrogen-bond donors (Lipinski definition) is 2. The van der Waals surface area contributed by atoms with Crippen molar-refractivity contribution < 1.29 is 37.0 Å². The summed E-state index contributed by atoms with van der Waals surface area (Å²) in [5.41, 5.74) is 6.82. The van der Waals surface area contributed by atoms with E-state index in [1.165, 1.54) is 19.3 Å². The number of nitrogens with one attached hydrogen (secondary N) is 1. The fraction of sp³-hybridized carbons (Fsp3) is 0.293. The lowest BCUT2D eigenvalue weighted by molar-refractivity contribution is -0.137. The Hall–Kier alpha value is -5.48. The van der Waals surface area contributed by atoms with Gasteiger partial charge in [-0.25, -0.2) is 9.83 Å². The molecule has 1 aliphatic heterocycles. The maximum absolute atomic E-state index is 14.2. The van der Waals surface area contributed by atoms with E-state index in [1.807, 2.05) is 62.4 Å². The number of carbonyl (C=O) groups is 1. The number of nitrogens with zero attached hydrogens (tertiary/aromatic N) is 3. The Morgan fingerprint density at radius 2 is 1.79 bits per heavy atom. The molecule has 0 amide bonds. The molecule has 4 aromatic carbocycles. The van der Waals surface area contributed by atoms with E-state index in [9.17, 15) is 18.0 Å². The van der Waals surface area contributed by atoms with Gasteiger partial charge < -0.3 is 24.3 Å². The van der Waals surface area contributed by atoms with Crippen LogP contribution in [0.4, 0.5) is 18.9 Å². The average Bonchev–Trinajstić information content (AvgIpc) is 3.77. The predicted octanol–water partition coefficient (Wildman–Crippen LogP) is 8.36. The van der Waals surface area contributed by atoms with Crippen molar-refractivity contribution in [2.24, 2.45) is 0 Å². The van der Waals surface area contributed by atoms with Gasteiger partial charge >= 0.3 is 6.18 Å². The Balaban J connectivity index is 1.31. The van der Waals surface area contributed by atoms with Crippen LogP contribution in [-0.2, 0) is 28.8 Å². The van der Waals surface area contributed by atoms with Crippen LogP contribution in [0.5, 0.6) is 5.75 Å². The molecule has 2 heterocycles. The van der Waals surface area contributed by atoms with E-state index in [4.69, 9.17) is 30.6 Å². The Morgan fingerprint density at radius 1 is 1.06 bits per heavy atom. The molecule has 12 heteroatoms. The van der Waals surface area contributed by atoms with Gasteiger partial charge in [-0.05, 0) is 89.5 Å². The van der Waals surface area contributed by atoms with Gasteiger partial charge in [-0.1, -0.05) is 42.5 Å². The molecular formula is C41H39F3N4O5. The minimum atomic E-state index is -4.60. The van der Waals surface area contributed by atoms with Crippen LogP contribution in [0.1, 0.15) is 45.4 Å². The molecule has 53 heavy (non-hydrogen) atoms. The number of alkyl halides is 3. The van der Waals surface area contributed by atoms with Crippen LogP contribution in [0.25, 0.3) is 50.7 Å². The highest BCUT2D eigenvalue weighted by Crippen LogP contribution is 2.39. The van der Waals surface area contributed by atoms with E-state index in [2.05, 4.69) is 15.1 Å². The lowest BCUT2D eigenvalue weighted by Crippen LogP contribution is -2.22. The van der Waals surface area contributed by atoms with E-state index in [0.717, 1.165) is 58.0 Å².